The number of β-amino-alcohol motifs (C(OH)–C–C–N with tert-alkyl or cyclic N) is 1. The Kier molecular flexibility index (Phi) is 3.19. The fraction of sp³-hybridized carbons (Fsp3) is 0.636. The Morgan fingerprint density at radius 2 is 2.37 bits per heavy atom. The maximum Gasteiger partial charge on any atom is 0.275 e. The molecular formula is C11H14N4O3S. The van der Waals surface area contributed by atoms with Crippen LogP contribution in [-0.4, -0.2) is 68.1 Å². The van der Waals surface area contributed by atoms with Crippen molar-refractivity contribution in [2.45, 2.75) is 24.9 Å². The molecule has 1 aromatic rings. The van der Waals surface area contributed by atoms with E-state index in [1.165, 1.54) is 0 Å². The summed E-state index contributed by atoms with van der Waals surface area (Å²) in [7, 11) is 0. The molecule has 7 nitrogen and oxygen atoms in total. The van der Waals surface area contributed by atoms with Crippen molar-refractivity contribution in [1.82, 2.24) is 19.4 Å². The standard InChI is InChI=1S/C11H14N4O3S/c16-4-3-14-8-1-2-15(9(8)5-10(14)17)11(18)7-6-19-13-12-7/h6,8-9,16H,1-5H2/t8-,9-/m1/s1. The molecule has 0 aliphatic carbocycles. The third-order valence-electron chi connectivity index (χ3n) is 3.80. The fourth-order valence-electron chi connectivity index (χ4n) is 2.98. The second-order valence-corrected chi connectivity index (χ2v) is 5.34. The normalized spacial score (nSPS) is 26.1. The predicted molar refractivity (Wildman–Crippen MR) is 66.6 cm³/mol. The molecule has 19 heavy (non-hydrogen) atoms. The van der Waals surface area contributed by atoms with Gasteiger partial charge in [-0.2, -0.15) is 0 Å². The van der Waals surface area contributed by atoms with E-state index < -0.39 is 0 Å². The van der Waals surface area contributed by atoms with E-state index in [-0.39, 0.29) is 30.5 Å². The van der Waals surface area contributed by atoms with E-state index in [0.29, 0.717) is 25.2 Å². The van der Waals surface area contributed by atoms with E-state index in [0.717, 1.165) is 18.0 Å². The van der Waals surface area contributed by atoms with Gasteiger partial charge in [-0.15, -0.1) is 5.10 Å². The molecule has 1 aromatic heterocycles. The first-order valence-electron chi connectivity index (χ1n) is 6.20. The molecule has 102 valence electrons. The van der Waals surface area contributed by atoms with Crippen molar-refractivity contribution >= 4 is 23.3 Å². The highest BCUT2D eigenvalue weighted by Gasteiger charge is 2.48. The number of rotatable bonds is 3. The second-order valence-electron chi connectivity index (χ2n) is 4.73. The highest BCUT2D eigenvalue weighted by atomic mass is 32.1. The number of aliphatic hydroxyl groups is 1. The van der Waals surface area contributed by atoms with Crippen molar-refractivity contribution in [2.75, 3.05) is 19.7 Å². The Labute approximate surface area is 114 Å². The number of carbonyl (C=O) groups excluding carboxylic acids is 2. The van der Waals surface area contributed by atoms with Gasteiger partial charge in [0.2, 0.25) is 5.91 Å². The Morgan fingerprint density at radius 1 is 1.53 bits per heavy atom. The third-order valence-corrected chi connectivity index (χ3v) is 4.30. The van der Waals surface area contributed by atoms with Gasteiger partial charge < -0.3 is 14.9 Å². The van der Waals surface area contributed by atoms with E-state index >= 15 is 0 Å². The van der Waals surface area contributed by atoms with Crippen molar-refractivity contribution < 1.29 is 14.7 Å². The van der Waals surface area contributed by atoms with Crippen LogP contribution in [0.5, 0.6) is 0 Å². The van der Waals surface area contributed by atoms with E-state index in [9.17, 15) is 9.59 Å². The quantitative estimate of drug-likeness (QED) is 0.796. The van der Waals surface area contributed by atoms with Crippen molar-refractivity contribution in [3.63, 3.8) is 0 Å². The Balaban J connectivity index is 1.77. The number of fused-ring (bicyclic) bond motifs is 1. The molecule has 0 unspecified atom stereocenters. The van der Waals surface area contributed by atoms with Crippen molar-refractivity contribution in [2.24, 2.45) is 0 Å². The molecule has 2 fully saturated rings. The van der Waals surface area contributed by atoms with E-state index in [1.54, 1.807) is 15.2 Å². The molecule has 0 radical (unpaired) electrons. The summed E-state index contributed by atoms with van der Waals surface area (Å²) in [5.74, 6) is -0.141. The Morgan fingerprint density at radius 3 is 3.05 bits per heavy atom. The van der Waals surface area contributed by atoms with Gasteiger partial charge in [-0.25, -0.2) is 0 Å². The Hall–Kier alpha value is -1.54. The minimum absolute atomic E-state index is 0.0120. The van der Waals surface area contributed by atoms with Crippen LogP contribution in [0.3, 0.4) is 0 Å². The van der Waals surface area contributed by atoms with Crippen LogP contribution in [0.1, 0.15) is 23.3 Å². The third kappa shape index (κ3) is 2.00. The molecule has 2 aliphatic heterocycles. The van der Waals surface area contributed by atoms with Gasteiger partial charge in [-0.1, -0.05) is 4.49 Å². The van der Waals surface area contributed by atoms with Gasteiger partial charge in [0.05, 0.1) is 18.7 Å². The molecule has 0 bridgehead atoms. The van der Waals surface area contributed by atoms with Crippen LogP contribution in [0.4, 0.5) is 0 Å². The van der Waals surface area contributed by atoms with Crippen molar-refractivity contribution in [3.05, 3.63) is 11.1 Å². The molecule has 2 aliphatic rings. The molecule has 3 rings (SSSR count). The molecule has 2 amide bonds. The summed E-state index contributed by atoms with van der Waals surface area (Å²) in [6.45, 7) is 0.931. The summed E-state index contributed by atoms with van der Waals surface area (Å²) in [5.41, 5.74) is 0.346. The average Bonchev–Trinajstić information content (AvgIpc) is 3.08. The topological polar surface area (TPSA) is 86.6 Å². The lowest BCUT2D eigenvalue weighted by molar-refractivity contribution is -0.129. The van der Waals surface area contributed by atoms with Crippen molar-refractivity contribution in [1.29, 1.82) is 0 Å². The lowest BCUT2D eigenvalue weighted by Crippen LogP contribution is -2.40. The molecular weight excluding hydrogens is 268 g/mol. The highest BCUT2D eigenvalue weighted by molar-refractivity contribution is 7.03. The fourth-order valence-corrected chi connectivity index (χ4v) is 3.41. The molecule has 2 saturated heterocycles. The van der Waals surface area contributed by atoms with Gasteiger partial charge in [-0.3, -0.25) is 9.59 Å². The number of amides is 2. The van der Waals surface area contributed by atoms with Gasteiger partial charge in [0.25, 0.3) is 5.91 Å². The predicted octanol–water partition coefficient (Wildman–Crippen LogP) is -0.654. The van der Waals surface area contributed by atoms with Crippen LogP contribution >= 0.6 is 11.5 Å². The van der Waals surface area contributed by atoms with Gasteiger partial charge in [0, 0.05) is 24.9 Å². The number of nitrogens with zero attached hydrogens (tertiary/aromatic N) is 4. The SMILES string of the molecule is O=C1C[C@@H]2[C@@H](CCN2C(=O)c2csnn2)N1CCO. The first-order valence-corrected chi connectivity index (χ1v) is 7.04. The number of aromatic nitrogens is 2. The van der Waals surface area contributed by atoms with Crippen LogP contribution in [0, 0.1) is 0 Å². The van der Waals surface area contributed by atoms with Crippen LogP contribution in [-0.2, 0) is 4.79 Å². The minimum atomic E-state index is -0.153. The number of hydrogen-bond acceptors (Lipinski definition) is 6. The summed E-state index contributed by atoms with van der Waals surface area (Å²) in [6.07, 6.45) is 1.10. The van der Waals surface area contributed by atoms with E-state index in [2.05, 4.69) is 9.59 Å². The van der Waals surface area contributed by atoms with Gasteiger partial charge >= 0.3 is 0 Å². The highest BCUT2D eigenvalue weighted by Crippen LogP contribution is 2.32. The lowest BCUT2D eigenvalue weighted by Gasteiger charge is -2.24. The summed E-state index contributed by atoms with van der Waals surface area (Å²) in [6, 6.07) is -0.0524. The largest absolute Gasteiger partial charge is 0.395 e. The summed E-state index contributed by atoms with van der Waals surface area (Å²) in [4.78, 5) is 27.6. The first-order chi connectivity index (χ1) is 9.22. The zero-order chi connectivity index (χ0) is 13.4. The summed E-state index contributed by atoms with van der Waals surface area (Å²) >= 11 is 1.14. The molecule has 2 atom stereocenters. The van der Waals surface area contributed by atoms with Crippen LogP contribution in [0.15, 0.2) is 5.38 Å². The maximum absolute atomic E-state index is 12.3. The minimum Gasteiger partial charge on any atom is -0.395 e. The molecule has 1 N–H and O–H groups in total. The molecule has 0 spiro atoms. The zero-order valence-corrected chi connectivity index (χ0v) is 11.0. The molecule has 0 aromatic carbocycles. The summed E-state index contributed by atoms with van der Waals surface area (Å²) < 4.78 is 3.69. The number of carbonyl (C=O) groups is 2. The van der Waals surface area contributed by atoms with Crippen LogP contribution in [0.2, 0.25) is 0 Å². The molecule has 3 heterocycles. The molecule has 0 saturated carbocycles. The number of hydrogen-bond donors (Lipinski definition) is 1. The average molecular weight is 282 g/mol. The molecule has 8 heteroatoms. The number of likely N-dealkylation sites (tertiary alicyclic amines) is 2. The number of aliphatic hydroxyl groups excluding tert-OH is 1. The first kappa shape index (κ1) is 12.5. The lowest BCUT2D eigenvalue weighted by atomic mass is 10.1. The smallest absolute Gasteiger partial charge is 0.275 e. The van der Waals surface area contributed by atoms with E-state index in [4.69, 9.17) is 5.11 Å². The Bertz CT molecular complexity index is 492. The van der Waals surface area contributed by atoms with Crippen LogP contribution in [0.25, 0.3) is 0 Å². The van der Waals surface area contributed by atoms with Gasteiger partial charge in [-0.05, 0) is 18.0 Å². The maximum atomic E-state index is 12.3. The zero-order valence-electron chi connectivity index (χ0n) is 10.2. The van der Waals surface area contributed by atoms with Gasteiger partial charge in [0.1, 0.15) is 0 Å². The van der Waals surface area contributed by atoms with Crippen LogP contribution < -0.4 is 0 Å². The van der Waals surface area contributed by atoms with Gasteiger partial charge in [0.15, 0.2) is 5.69 Å². The summed E-state index contributed by atoms with van der Waals surface area (Å²) in [5, 5.41) is 14.4. The van der Waals surface area contributed by atoms with E-state index in [1.807, 2.05) is 0 Å². The second kappa shape index (κ2) is 4.86. The monoisotopic (exact) mass is 282 g/mol. The van der Waals surface area contributed by atoms with Crippen molar-refractivity contribution in [3.8, 4) is 0 Å².